The molecule has 3 rings (SSSR count). The molecule has 0 saturated heterocycles. The minimum Gasteiger partial charge on any atom is -0.381 e. The molecule has 19 heavy (non-hydrogen) atoms. The summed E-state index contributed by atoms with van der Waals surface area (Å²) in [5, 5.41) is 0. The van der Waals surface area contributed by atoms with Gasteiger partial charge in [-0.2, -0.15) is 0 Å². The van der Waals surface area contributed by atoms with Gasteiger partial charge in [0.2, 0.25) is 0 Å². The minimum absolute atomic E-state index is 0.102. The molecular formula is C14H17BrN2OS. The molecule has 1 heterocycles. The van der Waals surface area contributed by atoms with Crippen LogP contribution in [-0.2, 0) is 4.74 Å². The van der Waals surface area contributed by atoms with Crippen molar-refractivity contribution in [3.8, 4) is 0 Å². The lowest BCUT2D eigenvalue weighted by molar-refractivity contribution is -0.111. The summed E-state index contributed by atoms with van der Waals surface area (Å²) in [5.74, 6) is 0. The predicted octanol–water partition coefficient (Wildman–Crippen LogP) is 4.45. The van der Waals surface area contributed by atoms with Gasteiger partial charge in [0.05, 0.1) is 17.1 Å². The number of aromatic nitrogens is 2. The quantitative estimate of drug-likeness (QED) is 0.818. The summed E-state index contributed by atoms with van der Waals surface area (Å²) in [4.78, 5) is 3.29. The zero-order chi connectivity index (χ0) is 13.8. The van der Waals surface area contributed by atoms with Crippen molar-refractivity contribution in [2.24, 2.45) is 5.41 Å². The molecule has 0 bridgehead atoms. The molecule has 0 amide bonds. The van der Waals surface area contributed by atoms with E-state index in [-0.39, 0.29) is 5.41 Å². The molecule has 0 spiro atoms. The summed E-state index contributed by atoms with van der Waals surface area (Å²) in [5.41, 5.74) is 2.35. The summed E-state index contributed by atoms with van der Waals surface area (Å²) in [6.07, 6.45) is 1.31. The molecule has 102 valence electrons. The van der Waals surface area contributed by atoms with Crippen molar-refractivity contribution in [3.05, 3.63) is 27.4 Å². The number of hydrogen-bond donors (Lipinski definition) is 1. The van der Waals surface area contributed by atoms with E-state index in [1.54, 1.807) is 7.11 Å². The lowest BCUT2D eigenvalue weighted by Gasteiger charge is -2.51. The molecule has 1 aliphatic rings. The van der Waals surface area contributed by atoms with Gasteiger partial charge in [0.1, 0.15) is 0 Å². The Bertz CT molecular complexity index is 688. The van der Waals surface area contributed by atoms with Crippen LogP contribution in [0, 0.1) is 10.2 Å². The number of aromatic amines is 1. The van der Waals surface area contributed by atoms with Crippen molar-refractivity contribution in [2.45, 2.75) is 32.4 Å². The van der Waals surface area contributed by atoms with Crippen LogP contribution in [-0.4, -0.2) is 22.8 Å². The second-order valence-corrected chi connectivity index (χ2v) is 7.06. The highest BCUT2D eigenvalue weighted by Gasteiger charge is 2.50. The Kier molecular flexibility index (Phi) is 3.11. The van der Waals surface area contributed by atoms with Crippen LogP contribution in [0.5, 0.6) is 0 Å². The first kappa shape index (κ1) is 13.3. The maximum absolute atomic E-state index is 5.54. The van der Waals surface area contributed by atoms with Crippen LogP contribution in [0.15, 0.2) is 22.7 Å². The first-order valence-electron chi connectivity index (χ1n) is 6.37. The normalized spacial score (nSPS) is 25.5. The SMILES string of the molecule is COC1CC(n2c(=S)[nH]c3ccc(Br)cc32)C1(C)C. The Morgan fingerprint density at radius 3 is 2.84 bits per heavy atom. The number of hydrogen-bond acceptors (Lipinski definition) is 2. The number of rotatable bonds is 2. The Morgan fingerprint density at radius 1 is 1.47 bits per heavy atom. The maximum atomic E-state index is 5.54. The van der Waals surface area contributed by atoms with Crippen LogP contribution < -0.4 is 0 Å². The van der Waals surface area contributed by atoms with E-state index in [9.17, 15) is 0 Å². The van der Waals surface area contributed by atoms with E-state index in [1.165, 1.54) is 0 Å². The van der Waals surface area contributed by atoms with Crippen LogP contribution in [0.4, 0.5) is 0 Å². The number of H-pyrrole nitrogens is 1. The number of methoxy groups -OCH3 is 1. The summed E-state index contributed by atoms with van der Waals surface area (Å²) in [6, 6.07) is 6.60. The van der Waals surface area contributed by atoms with Crippen LogP contribution in [0.1, 0.15) is 26.3 Å². The third kappa shape index (κ3) is 1.90. The van der Waals surface area contributed by atoms with Gasteiger partial charge in [-0.3, -0.25) is 0 Å². The van der Waals surface area contributed by atoms with Gasteiger partial charge in [-0.1, -0.05) is 29.8 Å². The molecule has 2 atom stereocenters. The van der Waals surface area contributed by atoms with Gasteiger partial charge in [-0.05, 0) is 36.8 Å². The number of imidazole rings is 1. The molecule has 0 radical (unpaired) electrons. The number of nitrogens with one attached hydrogen (secondary N) is 1. The van der Waals surface area contributed by atoms with Gasteiger partial charge in [0.25, 0.3) is 0 Å². The Morgan fingerprint density at radius 2 is 2.21 bits per heavy atom. The first-order chi connectivity index (χ1) is 8.95. The van der Waals surface area contributed by atoms with Crippen molar-refractivity contribution in [2.75, 3.05) is 7.11 Å². The first-order valence-corrected chi connectivity index (χ1v) is 7.58. The van der Waals surface area contributed by atoms with Crippen molar-refractivity contribution in [1.29, 1.82) is 0 Å². The highest BCUT2D eigenvalue weighted by Crippen LogP contribution is 2.52. The predicted molar refractivity (Wildman–Crippen MR) is 83.1 cm³/mol. The Labute approximate surface area is 126 Å². The Balaban J connectivity index is 2.14. The van der Waals surface area contributed by atoms with Crippen molar-refractivity contribution in [1.82, 2.24) is 9.55 Å². The molecule has 3 nitrogen and oxygen atoms in total. The number of fused-ring (bicyclic) bond motifs is 1. The van der Waals surface area contributed by atoms with Crippen molar-refractivity contribution in [3.63, 3.8) is 0 Å². The molecule has 5 heteroatoms. The highest BCUT2D eigenvalue weighted by molar-refractivity contribution is 9.10. The lowest BCUT2D eigenvalue weighted by atomic mass is 9.64. The molecule has 1 aliphatic carbocycles. The zero-order valence-corrected chi connectivity index (χ0v) is 13.6. The smallest absolute Gasteiger partial charge is 0.178 e. The standard InChI is InChI=1S/C14H17BrN2OS/c1-14(2)11(7-12(14)18-3)17-10-6-8(15)4-5-9(10)16-13(17)19/h4-6,11-12H,7H2,1-3H3,(H,16,19). The summed E-state index contributed by atoms with van der Waals surface area (Å²) in [7, 11) is 1.79. The fourth-order valence-corrected chi connectivity index (χ4v) is 3.79. The average Bonchev–Trinajstić information content (AvgIpc) is 2.65. The molecule has 1 aromatic carbocycles. The minimum atomic E-state index is 0.102. The summed E-state index contributed by atoms with van der Waals surface area (Å²) >= 11 is 9.03. The number of ether oxygens (including phenoxy) is 1. The highest BCUT2D eigenvalue weighted by atomic mass is 79.9. The van der Waals surface area contributed by atoms with Crippen LogP contribution in [0.3, 0.4) is 0 Å². The largest absolute Gasteiger partial charge is 0.381 e. The van der Waals surface area contributed by atoms with Crippen LogP contribution >= 0.6 is 28.1 Å². The van der Waals surface area contributed by atoms with E-state index in [1.807, 2.05) is 6.07 Å². The van der Waals surface area contributed by atoms with Crippen molar-refractivity contribution >= 4 is 39.2 Å². The Hall–Kier alpha value is -0.650. The van der Waals surface area contributed by atoms with Gasteiger partial charge in [-0.15, -0.1) is 0 Å². The fraction of sp³-hybridized carbons (Fsp3) is 0.500. The molecule has 1 N–H and O–H groups in total. The molecule has 1 aromatic heterocycles. The summed E-state index contributed by atoms with van der Waals surface area (Å²) in [6.45, 7) is 4.49. The molecule has 2 aromatic rings. The van der Waals surface area contributed by atoms with E-state index in [0.29, 0.717) is 12.1 Å². The molecule has 1 fully saturated rings. The number of benzene rings is 1. The van der Waals surface area contributed by atoms with E-state index in [4.69, 9.17) is 17.0 Å². The molecule has 1 saturated carbocycles. The van der Waals surface area contributed by atoms with Gasteiger partial charge in [0, 0.05) is 23.0 Å². The zero-order valence-electron chi connectivity index (χ0n) is 11.2. The molecule has 2 unspecified atom stereocenters. The lowest BCUT2D eigenvalue weighted by Crippen LogP contribution is -2.51. The van der Waals surface area contributed by atoms with Crippen molar-refractivity contribution < 1.29 is 4.74 Å². The topological polar surface area (TPSA) is 29.9 Å². The van der Waals surface area contributed by atoms with Gasteiger partial charge >= 0.3 is 0 Å². The average molecular weight is 341 g/mol. The van der Waals surface area contributed by atoms with Crippen LogP contribution in [0.25, 0.3) is 11.0 Å². The maximum Gasteiger partial charge on any atom is 0.178 e. The van der Waals surface area contributed by atoms with E-state index >= 15 is 0 Å². The van der Waals surface area contributed by atoms with E-state index in [0.717, 1.165) is 26.7 Å². The van der Waals surface area contributed by atoms with E-state index in [2.05, 4.69) is 51.5 Å². The third-order valence-electron chi connectivity index (χ3n) is 4.40. The van der Waals surface area contributed by atoms with Gasteiger partial charge in [-0.25, -0.2) is 0 Å². The monoisotopic (exact) mass is 340 g/mol. The van der Waals surface area contributed by atoms with Gasteiger partial charge in [0.15, 0.2) is 4.77 Å². The van der Waals surface area contributed by atoms with Gasteiger partial charge < -0.3 is 14.3 Å². The molecular weight excluding hydrogens is 324 g/mol. The van der Waals surface area contributed by atoms with Crippen LogP contribution in [0.2, 0.25) is 0 Å². The third-order valence-corrected chi connectivity index (χ3v) is 5.19. The van der Waals surface area contributed by atoms with E-state index < -0.39 is 0 Å². The molecule has 0 aliphatic heterocycles. The second kappa shape index (κ2) is 4.43. The number of nitrogens with zero attached hydrogens (tertiary/aromatic N) is 1. The fourth-order valence-electron chi connectivity index (χ4n) is 3.11. The number of halogens is 1. The second-order valence-electron chi connectivity index (χ2n) is 5.76. The summed E-state index contributed by atoms with van der Waals surface area (Å²) < 4.78 is 9.64.